The number of Topliss-reactive ketones (excluding diaryl/α,β-unsaturated/α-hetero) is 1. The van der Waals surface area contributed by atoms with Gasteiger partial charge in [-0.15, -0.1) is 0 Å². The Morgan fingerprint density at radius 3 is 2.30 bits per heavy atom. The Bertz CT molecular complexity index is 1140. The third-order valence-electron chi connectivity index (χ3n) is 5.34. The maximum Gasteiger partial charge on any atom is 0.301 e. The lowest BCUT2D eigenvalue weighted by Gasteiger charge is -2.23. The molecule has 0 bridgehead atoms. The summed E-state index contributed by atoms with van der Waals surface area (Å²) in [5, 5.41) is 15.0. The molecule has 1 aliphatic rings. The molecular weight excluding hydrogens is 380 g/mol. The zero-order chi connectivity index (χ0) is 21.4. The first-order valence-corrected chi connectivity index (χ1v) is 9.81. The number of carbonyl (C=O) groups excluding carboxylic acids is 2. The van der Waals surface area contributed by atoms with Crippen LogP contribution < -0.4 is 4.90 Å². The van der Waals surface area contributed by atoms with Gasteiger partial charge in [-0.2, -0.15) is 0 Å². The third kappa shape index (κ3) is 3.30. The fraction of sp³-hybridized carbons (Fsp3) is 0.208. The third-order valence-corrected chi connectivity index (χ3v) is 5.34. The van der Waals surface area contributed by atoms with E-state index >= 15 is 0 Å². The Labute approximate surface area is 174 Å². The maximum absolute atomic E-state index is 13.0. The lowest BCUT2D eigenvalue weighted by atomic mass is 9.94. The van der Waals surface area contributed by atoms with E-state index in [9.17, 15) is 14.7 Å². The summed E-state index contributed by atoms with van der Waals surface area (Å²) >= 11 is 0. The van der Waals surface area contributed by atoms with Crippen molar-refractivity contribution in [2.75, 3.05) is 4.90 Å². The molecular formula is C24H22N2O4. The van der Waals surface area contributed by atoms with Crippen LogP contribution in [-0.2, 0) is 16.0 Å². The molecule has 1 amide bonds. The molecule has 1 saturated heterocycles. The van der Waals surface area contributed by atoms with Crippen LogP contribution in [0.5, 0.6) is 0 Å². The van der Waals surface area contributed by atoms with Crippen molar-refractivity contribution >= 4 is 23.3 Å². The fourth-order valence-corrected chi connectivity index (χ4v) is 3.65. The number of benzene rings is 2. The summed E-state index contributed by atoms with van der Waals surface area (Å²) in [6.45, 7) is 5.70. The first-order chi connectivity index (χ1) is 14.4. The van der Waals surface area contributed by atoms with E-state index in [1.54, 1.807) is 25.1 Å². The summed E-state index contributed by atoms with van der Waals surface area (Å²) < 4.78 is 5.14. The molecule has 1 fully saturated rings. The topological polar surface area (TPSA) is 83.6 Å². The van der Waals surface area contributed by atoms with Gasteiger partial charge >= 0.3 is 5.91 Å². The highest BCUT2D eigenvalue weighted by Crippen LogP contribution is 2.41. The van der Waals surface area contributed by atoms with Gasteiger partial charge in [0.1, 0.15) is 11.5 Å². The molecule has 0 aliphatic carbocycles. The van der Waals surface area contributed by atoms with Gasteiger partial charge in [-0.3, -0.25) is 14.5 Å². The number of aliphatic hydroxyl groups excluding tert-OH is 1. The Balaban J connectivity index is 1.92. The molecule has 152 valence electrons. The molecule has 1 aromatic heterocycles. The van der Waals surface area contributed by atoms with Crippen LogP contribution in [0.3, 0.4) is 0 Å². The van der Waals surface area contributed by atoms with Crippen LogP contribution in [0.1, 0.15) is 41.0 Å². The number of carbonyl (C=O) groups is 2. The molecule has 6 heteroatoms. The number of aryl methyl sites for hydroxylation is 3. The van der Waals surface area contributed by atoms with Gasteiger partial charge in [0.05, 0.1) is 11.6 Å². The van der Waals surface area contributed by atoms with Gasteiger partial charge in [-0.25, -0.2) is 0 Å². The molecule has 30 heavy (non-hydrogen) atoms. The largest absolute Gasteiger partial charge is 0.507 e. The summed E-state index contributed by atoms with van der Waals surface area (Å²) in [4.78, 5) is 27.3. The van der Waals surface area contributed by atoms with E-state index < -0.39 is 17.7 Å². The van der Waals surface area contributed by atoms with Gasteiger partial charge < -0.3 is 9.63 Å². The van der Waals surface area contributed by atoms with Gasteiger partial charge in [-0.1, -0.05) is 66.2 Å². The molecule has 2 aromatic carbocycles. The molecule has 6 nitrogen and oxygen atoms in total. The molecule has 0 spiro atoms. The van der Waals surface area contributed by atoms with Gasteiger partial charge in [-0.05, 0) is 31.4 Å². The monoisotopic (exact) mass is 402 g/mol. The van der Waals surface area contributed by atoms with Crippen LogP contribution in [0.15, 0.2) is 64.7 Å². The van der Waals surface area contributed by atoms with Crippen LogP contribution >= 0.6 is 0 Å². The minimum atomic E-state index is -0.804. The molecule has 0 radical (unpaired) electrons. The lowest BCUT2D eigenvalue weighted by Crippen LogP contribution is -2.29. The predicted molar refractivity (Wildman–Crippen MR) is 113 cm³/mol. The zero-order valence-electron chi connectivity index (χ0n) is 17.0. The Morgan fingerprint density at radius 1 is 1.07 bits per heavy atom. The van der Waals surface area contributed by atoms with Crippen molar-refractivity contribution in [3.8, 4) is 0 Å². The van der Waals surface area contributed by atoms with Crippen LogP contribution in [0, 0.1) is 13.8 Å². The fourth-order valence-electron chi connectivity index (χ4n) is 3.65. The number of hydrogen-bond donors (Lipinski definition) is 1. The van der Waals surface area contributed by atoms with Gasteiger partial charge in [0.15, 0.2) is 5.82 Å². The van der Waals surface area contributed by atoms with Crippen LogP contribution in [0.2, 0.25) is 0 Å². The number of aliphatic hydroxyl groups is 1. The van der Waals surface area contributed by atoms with Crippen LogP contribution in [-0.4, -0.2) is 22.0 Å². The molecule has 1 aliphatic heterocycles. The molecule has 2 heterocycles. The minimum absolute atomic E-state index is 0.0359. The second-order valence-corrected chi connectivity index (χ2v) is 7.43. The van der Waals surface area contributed by atoms with Crippen molar-refractivity contribution in [3.05, 3.63) is 88.2 Å². The molecule has 1 N–H and O–H groups in total. The number of aromatic nitrogens is 1. The first-order valence-electron chi connectivity index (χ1n) is 9.81. The zero-order valence-corrected chi connectivity index (χ0v) is 17.0. The van der Waals surface area contributed by atoms with Crippen molar-refractivity contribution in [1.29, 1.82) is 0 Å². The SMILES string of the molecule is CCc1ccc([C@@H]2/C(=C(\O)c3ccc(C)cc3)C(=O)C(=O)N2c2cc(C)on2)cc1. The van der Waals surface area contributed by atoms with Gasteiger partial charge in [0, 0.05) is 11.6 Å². The van der Waals surface area contributed by atoms with Crippen molar-refractivity contribution in [3.63, 3.8) is 0 Å². The second-order valence-electron chi connectivity index (χ2n) is 7.43. The van der Waals surface area contributed by atoms with E-state index in [2.05, 4.69) is 12.1 Å². The first kappa shape index (κ1) is 19.6. The van der Waals surface area contributed by atoms with Gasteiger partial charge in [0.2, 0.25) is 0 Å². The summed E-state index contributed by atoms with van der Waals surface area (Å²) in [6, 6.07) is 15.6. The molecule has 3 aromatic rings. The van der Waals surface area contributed by atoms with E-state index in [0.717, 1.165) is 17.5 Å². The van der Waals surface area contributed by atoms with E-state index in [-0.39, 0.29) is 17.2 Å². The van der Waals surface area contributed by atoms with E-state index in [0.29, 0.717) is 16.9 Å². The summed E-state index contributed by atoms with van der Waals surface area (Å²) in [5.41, 5.74) is 3.38. The minimum Gasteiger partial charge on any atom is -0.507 e. The Kier molecular flexibility index (Phi) is 4.99. The van der Waals surface area contributed by atoms with Crippen molar-refractivity contribution < 1.29 is 19.2 Å². The number of rotatable bonds is 4. The highest BCUT2D eigenvalue weighted by atomic mass is 16.5. The maximum atomic E-state index is 13.0. The van der Waals surface area contributed by atoms with E-state index in [1.165, 1.54) is 4.90 Å². The average Bonchev–Trinajstić information content (AvgIpc) is 3.29. The number of hydrogen-bond acceptors (Lipinski definition) is 5. The average molecular weight is 402 g/mol. The smallest absolute Gasteiger partial charge is 0.301 e. The molecule has 0 unspecified atom stereocenters. The number of amides is 1. The number of nitrogens with zero attached hydrogens (tertiary/aromatic N) is 2. The number of anilines is 1. The number of ketones is 1. The lowest BCUT2D eigenvalue weighted by molar-refractivity contribution is -0.132. The highest BCUT2D eigenvalue weighted by molar-refractivity contribution is 6.51. The summed E-state index contributed by atoms with van der Waals surface area (Å²) in [7, 11) is 0. The quantitative estimate of drug-likeness (QED) is 0.395. The summed E-state index contributed by atoms with van der Waals surface area (Å²) in [5.74, 6) is -0.951. The Morgan fingerprint density at radius 2 is 1.73 bits per heavy atom. The van der Waals surface area contributed by atoms with Crippen LogP contribution in [0.25, 0.3) is 5.76 Å². The summed E-state index contributed by atoms with van der Waals surface area (Å²) in [6.07, 6.45) is 0.867. The van der Waals surface area contributed by atoms with Crippen molar-refractivity contribution in [2.24, 2.45) is 0 Å². The Hall–Kier alpha value is -3.67. The predicted octanol–water partition coefficient (Wildman–Crippen LogP) is 4.48. The van der Waals surface area contributed by atoms with Gasteiger partial charge in [0.25, 0.3) is 5.78 Å². The normalized spacial score (nSPS) is 18.2. The van der Waals surface area contributed by atoms with Crippen molar-refractivity contribution in [1.82, 2.24) is 5.16 Å². The molecule has 0 saturated carbocycles. The molecule has 4 rings (SSSR count). The van der Waals surface area contributed by atoms with E-state index in [1.807, 2.05) is 43.3 Å². The highest BCUT2D eigenvalue weighted by Gasteiger charge is 2.48. The van der Waals surface area contributed by atoms with E-state index in [4.69, 9.17) is 4.52 Å². The van der Waals surface area contributed by atoms with Crippen molar-refractivity contribution in [2.45, 2.75) is 33.2 Å². The molecule has 1 atom stereocenters. The second kappa shape index (κ2) is 7.63. The standard InChI is InChI=1S/C24H22N2O4/c1-4-16-7-11-17(12-8-16)21-20(22(27)18-9-5-14(2)6-10-18)23(28)24(29)26(21)19-13-15(3)30-25-19/h5-13,21,27H,4H2,1-3H3/b22-20+/t21-/m1/s1. The van der Waals surface area contributed by atoms with Crippen LogP contribution in [0.4, 0.5) is 5.82 Å².